The van der Waals surface area contributed by atoms with E-state index in [1.807, 2.05) is 0 Å². The largest absolute Gasteiger partial charge is 0.394 e. The summed E-state index contributed by atoms with van der Waals surface area (Å²) in [6, 6.07) is 8.80. The minimum atomic E-state index is 0.128. The predicted octanol–water partition coefficient (Wildman–Crippen LogP) is 1.47. The van der Waals surface area contributed by atoms with E-state index in [0.29, 0.717) is 0 Å². The van der Waals surface area contributed by atoms with Crippen LogP contribution in [0, 0.1) is 0 Å². The first kappa shape index (κ1) is 15.3. The number of aliphatic hydroxyl groups excluding tert-OH is 1. The third-order valence-corrected chi connectivity index (χ3v) is 4.17. The van der Waals surface area contributed by atoms with Gasteiger partial charge in [0.15, 0.2) is 0 Å². The number of anilines is 1. The summed E-state index contributed by atoms with van der Waals surface area (Å²) >= 11 is 0. The third kappa shape index (κ3) is 3.51. The molecule has 0 bridgehead atoms. The van der Waals surface area contributed by atoms with Crippen LogP contribution in [0.4, 0.5) is 5.69 Å². The molecule has 4 nitrogen and oxygen atoms in total. The molecule has 4 heteroatoms. The molecule has 0 spiro atoms. The Kier molecular flexibility index (Phi) is 5.83. The second kappa shape index (κ2) is 7.62. The third-order valence-electron chi connectivity index (χ3n) is 4.17. The van der Waals surface area contributed by atoms with Gasteiger partial charge < -0.3 is 15.3 Å². The number of rotatable bonds is 6. The van der Waals surface area contributed by atoms with Crippen LogP contribution >= 0.6 is 0 Å². The first-order valence-electron chi connectivity index (χ1n) is 7.70. The zero-order valence-corrected chi connectivity index (χ0v) is 12.7. The Morgan fingerprint density at radius 3 is 2.25 bits per heavy atom. The summed E-state index contributed by atoms with van der Waals surface area (Å²) < 4.78 is 0. The molecule has 1 aliphatic heterocycles. The molecule has 1 fully saturated rings. The van der Waals surface area contributed by atoms with Crippen LogP contribution in [-0.2, 0) is 0 Å². The van der Waals surface area contributed by atoms with Crippen LogP contribution in [0.1, 0.15) is 25.5 Å². The number of aliphatic hydroxyl groups is 1. The summed E-state index contributed by atoms with van der Waals surface area (Å²) in [6.07, 6.45) is 0. The van der Waals surface area contributed by atoms with Gasteiger partial charge in [-0.3, -0.25) is 4.90 Å². The van der Waals surface area contributed by atoms with E-state index in [-0.39, 0.29) is 12.6 Å². The average molecular weight is 277 g/mol. The molecule has 1 saturated heterocycles. The van der Waals surface area contributed by atoms with Crippen molar-refractivity contribution in [2.75, 3.05) is 50.8 Å². The second-order valence-electron chi connectivity index (χ2n) is 5.25. The second-order valence-corrected chi connectivity index (χ2v) is 5.25. The molecule has 2 N–H and O–H groups in total. The molecule has 1 aromatic rings. The van der Waals surface area contributed by atoms with Crippen molar-refractivity contribution < 1.29 is 5.11 Å². The highest BCUT2D eigenvalue weighted by molar-refractivity contribution is 5.47. The molecule has 2 rings (SSSR count). The maximum absolute atomic E-state index is 9.73. The molecule has 1 atom stereocenters. The van der Waals surface area contributed by atoms with Crippen molar-refractivity contribution in [1.29, 1.82) is 0 Å². The van der Waals surface area contributed by atoms with Gasteiger partial charge in [-0.15, -0.1) is 0 Å². The summed E-state index contributed by atoms with van der Waals surface area (Å²) in [5.74, 6) is 0. The summed E-state index contributed by atoms with van der Waals surface area (Å²) in [5.41, 5.74) is 2.47. The molecule has 1 aliphatic rings. The normalized spacial score (nSPS) is 17.9. The molecule has 1 aromatic carbocycles. The van der Waals surface area contributed by atoms with E-state index in [1.165, 1.54) is 11.3 Å². The van der Waals surface area contributed by atoms with Gasteiger partial charge in [-0.2, -0.15) is 0 Å². The monoisotopic (exact) mass is 277 g/mol. The van der Waals surface area contributed by atoms with Gasteiger partial charge in [0.2, 0.25) is 0 Å². The van der Waals surface area contributed by atoms with E-state index >= 15 is 0 Å². The Labute approximate surface area is 122 Å². The van der Waals surface area contributed by atoms with Gasteiger partial charge in [0.25, 0.3) is 0 Å². The first-order chi connectivity index (χ1) is 9.80. The molecule has 0 radical (unpaired) electrons. The zero-order chi connectivity index (χ0) is 14.4. The van der Waals surface area contributed by atoms with Gasteiger partial charge in [-0.05, 0) is 31.5 Å². The number of hydrogen-bond donors (Lipinski definition) is 2. The fourth-order valence-electron chi connectivity index (χ4n) is 2.92. The van der Waals surface area contributed by atoms with Crippen molar-refractivity contribution in [3.05, 3.63) is 29.8 Å². The highest BCUT2D eigenvalue weighted by Crippen LogP contribution is 2.23. The fourth-order valence-corrected chi connectivity index (χ4v) is 2.92. The highest BCUT2D eigenvalue weighted by Gasteiger charge is 2.21. The molecule has 0 amide bonds. The molecule has 1 heterocycles. The number of nitrogens with one attached hydrogen (secondary N) is 1. The lowest BCUT2D eigenvalue weighted by Crippen LogP contribution is -2.46. The van der Waals surface area contributed by atoms with Gasteiger partial charge in [0.05, 0.1) is 12.6 Å². The number of hydrogen-bond acceptors (Lipinski definition) is 4. The van der Waals surface area contributed by atoms with Gasteiger partial charge in [0, 0.05) is 45.0 Å². The molecule has 0 aromatic heterocycles. The van der Waals surface area contributed by atoms with Gasteiger partial charge in [0.1, 0.15) is 0 Å². The van der Waals surface area contributed by atoms with Gasteiger partial charge in [-0.25, -0.2) is 0 Å². The van der Waals surface area contributed by atoms with E-state index < -0.39 is 0 Å². The molecular formula is C16H27N3O. The van der Waals surface area contributed by atoms with Crippen molar-refractivity contribution in [1.82, 2.24) is 10.2 Å². The van der Waals surface area contributed by atoms with E-state index in [0.717, 1.165) is 39.3 Å². The van der Waals surface area contributed by atoms with Gasteiger partial charge in [-0.1, -0.05) is 12.1 Å². The van der Waals surface area contributed by atoms with E-state index in [9.17, 15) is 5.11 Å². The molecule has 112 valence electrons. The Morgan fingerprint density at radius 1 is 1.15 bits per heavy atom. The molecule has 0 unspecified atom stereocenters. The first-order valence-corrected chi connectivity index (χ1v) is 7.70. The topological polar surface area (TPSA) is 38.7 Å². The summed E-state index contributed by atoms with van der Waals surface area (Å²) in [7, 11) is 0. The highest BCUT2D eigenvalue weighted by atomic mass is 16.3. The van der Waals surface area contributed by atoms with Crippen LogP contribution in [0.3, 0.4) is 0 Å². The van der Waals surface area contributed by atoms with Crippen molar-refractivity contribution in [2.45, 2.75) is 19.9 Å². The molecule has 20 heavy (non-hydrogen) atoms. The summed E-state index contributed by atoms with van der Waals surface area (Å²) in [6.45, 7) is 10.6. The summed E-state index contributed by atoms with van der Waals surface area (Å²) in [5, 5.41) is 13.1. The smallest absolute Gasteiger partial charge is 0.0628 e. The van der Waals surface area contributed by atoms with Crippen LogP contribution in [0.25, 0.3) is 0 Å². The van der Waals surface area contributed by atoms with Crippen LogP contribution in [0.15, 0.2) is 24.3 Å². The predicted molar refractivity (Wildman–Crippen MR) is 84.3 cm³/mol. The Balaban J connectivity index is 2.10. The SMILES string of the molecule is CCN(CC)c1ccc([C@@H](CO)N2CCNCC2)cc1. The lowest BCUT2D eigenvalue weighted by Gasteiger charge is -2.34. The maximum Gasteiger partial charge on any atom is 0.0628 e. The van der Waals surface area contributed by atoms with E-state index in [2.05, 4.69) is 53.2 Å². The Bertz CT molecular complexity index is 383. The quantitative estimate of drug-likeness (QED) is 0.826. The Hall–Kier alpha value is -1.10. The lowest BCUT2D eigenvalue weighted by molar-refractivity contribution is 0.111. The van der Waals surface area contributed by atoms with Crippen LogP contribution < -0.4 is 10.2 Å². The van der Waals surface area contributed by atoms with Gasteiger partial charge >= 0.3 is 0 Å². The fraction of sp³-hybridized carbons (Fsp3) is 0.625. The van der Waals surface area contributed by atoms with Crippen molar-refractivity contribution >= 4 is 5.69 Å². The van der Waals surface area contributed by atoms with Crippen molar-refractivity contribution in [3.8, 4) is 0 Å². The lowest BCUT2D eigenvalue weighted by atomic mass is 10.0. The van der Waals surface area contributed by atoms with Crippen molar-refractivity contribution in [3.63, 3.8) is 0 Å². The number of piperazine rings is 1. The number of nitrogens with zero attached hydrogens (tertiary/aromatic N) is 2. The van der Waals surface area contributed by atoms with Crippen molar-refractivity contribution in [2.24, 2.45) is 0 Å². The minimum Gasteiger partial charge on any atom is -0.394 e. The van der Waals surface area contributed by atoms with Crippen LogP contribution in [0.2, 0.25) is 0 Å². The maximum atomic E-state index is 9.73. The standard InChI is InChI=1S/C16H27N3O/c1-3-18(4-2)15-7-5-14(6-8-15)16(13-20)19-11-9-17-10-12-19/h5-8,16-17,20H,3-4,9-13H2,1-2H3/t16-/m1/s1. The molecule has 0 saturated carbocycles. The molecular weight excluding hydrogens is 250 g/mol. The summed E-state index contributed by atoms with van der Waals surface area (Å²) in [4.78, 5) is 4.70. The minimum absolute atomic E-state index is 0.128. The van der Waals surface area contributed by atoms with Crippen LogP contribution in [-0.4, -0.2) is 55.9 Å². The number of benzene rings is 1. The Morgan fingerprint density at radius 2 is 1.75 bits per heavy atom. The van der Waals surface area contributed by atoms with Crippen LogP contribution in [0.5, 0.6) is 0 Å². The average Bonchev–Trinajstić information content (AvgIpc) is 2.52. The van der Waals surface area contributed by atoms with E-state index in [1.54, 1.807) is 0 Å². The molecule has 0 aliphatic carbocycles. The van der Waals surface area contributed by atoms with E-state index in [4.69, 9.17) is 0 Å². The zero-order valence-electron chi connectivity index (χ0n) is 12.7.